The predicted molar refractivity (Wildman–Crippen MR) is 50.6 cm³/mol. The molecule has 0 heterocycles. The summed E-state index contributed by atoms with van der Waals surface area (Å²) in [6.07, 6.45) is 8.99. The Labute approximate surface area is 75.2 Å². The standard InChI is InChI=1S/C11H18O/c1-4-11(12)7-5-10(6-8-11)9(2)3/h1,9-10,12H,5-8H2,2-3H3. The van der Waals surface area contributed by atoms with E-state index in [1.807, 2.05) is 0 Å². The van der Waals surface area contributed by atoms with Gasteiger partial charge in [0.2, 0.25) is 0 Å². The van der Waals surface area contributed by atoms with Crippen molar-refractivity contribution < 1.29 is 5.11 Å². The van der Waals surface area contributed by atoms with E-state index in [1.54, 1.807) is 0 Å². The maximum absolute atomic E-state index is 9.74. The summed E-state index contributed by atoms with van der Waals surface area (Å²) in [5.41, 5.74) is -0.786. The summed E-state index contributed by atoms with van der Waals surface area (Å²) < 4.78 is 0. The fraction of sp³-hybridized carbons (Fsp3) is 0.818. The molecule has 0 aromatic heterocycles. The second-order valence-corrected chi connectivity index (χ2v) is 4.26. The van der Waals surface area contributed by atoms with Crippen molar-refractivity contribution in [2.45, 2.75) is 45.1 Å². The van der Waals surface area contributed by atoms with E-state index >= 15 is 0 Å². The molecule has 1 saturated carbocycles. The molecule has 0 amide bonds. The molecule has 0 radical (unpaired) electrons. The van der Waals surface area contributed by atoms with Gasteiger partial charge in [0, 0.05) is 0 Å². The predicted octanol–water partition coefficient (Wildman–Crippen LogP) is 2.20. The van der Waals surface area contributed by atoms with Crippen LogP contribution in [0, 0.1) is 24.2 Å². The summed E-state index contributed by atoms with van der Waals surface area (Å²) in [6, 6.07) is 0. The minimum Gasteiger partial charge on any atom is -0.378 e. The van der Waals surface area contributed by atoms with Gasteiger partial charge in [0.1, 0.15) is 5.60 Å². The van der Waals surface area contributed by atoms with E-state index in [9.17, 15) is 5.11 Å². The minimum absolute atomic E-state index is 0.729. The lowest BCUT2D eigenvalue weighted by molar-refractivity contribution is 0.0362. The van der Waals surface area contributed by atoms with E-state index in [4.69, 9.17) is 6.42 Å². The highest BCUT2D eigenvalue weighted by Gasteiger charge is 2.31. The lowest BCUT2D eigenvalue weighted by Crippen LogP contribution is -2.33. The number of hydrogen-bond donors (Lipinski definition) is 1. The third-order valence-corrected chi connectivity index (χ3v) is 3.07. The van der Waals surface area contributed by atoms with Gasteiger partial charge in [-0.1, -0.05) is 19.8 Å². The lowest BCUT2D eigenvalue weighted by atomic mass is 9.75. The van der Waals surface area contributed by atoms with Gasteiger partial charge in [0.25, 0.3) is 0 Å². The molecule has 0 atom stereocenters. The average molecular weight is 166 g/mol. The highest BCUT2D eigenvalue weighted by Crippen LogP contribution is 2.35. The van der Waals surface area contributed by atoms with Crippen LogP contribution < -0.4 is 0 Å². The normalized spacial score (nSPS) is 36.4. The Morgan fingerprint density at radius 2 is 1.92 bits per heavy atom. The van der Waals surface area contributed by atoms with Crippen molar-refractivity contribution in [2.24, 2.45) is 11.8 Å². The molecular weight excluding hydrogens is 148 g/mol. The molecule has 0 saturated heterocycles. The summed E-state index contributed by atoms with van der Waals surface area (Å²) in [7, 11) is 0. The molecule has 1 nitrogen and oxygen atoms in total. The zero-order valence-corrected chi connectivity index (χ0v) is 8.01. The van der Waals surface area contributed by atoms with Gasteiger partial charge in [0.05, 0.1) is 0 Å². The van der Waals surface area contributed by atoms with Crippen molar-refractivity contribution in [1.29, 1.82) is 0 Å². The first-order valence-electron chi connectivity index (χ1n) is 4.77. The van der Waals surface area contributed by atoms with Crippen LogP contribution in [0.4, 0.5) is 0 Å². The van der Waals surface area contributed by atoms with Crippen LogP contribution in [-0.2, 0) is 0 Å². The molecule has 0 aliphatic heterocycles. The highest BCUT2D eigenvalue weighted by atomic mass is 16.3. The number of rotatable bonds is 1. The summed E-state index contributed by atoms with van der Waals surface area (Å²) in [5.74, 6) is 3.99. The topological polar surface area (TPSA) is 20.2 Å². The van der Waals surface area contributed by atoms with Crippen LogP contribution >= 0.6 is 0 Å². The van der Waals surface area contributed by atoms with Gasteiger partial charge < -0.3 is 5.11 Å². The van der Waals surface area contributed by atoms with Crippen molar-refractivity contribution >= 4 is 0 Å². The quantitative estimate of drug-likeness (QED) is 0.592. The van der Waals surface area contributed by atoms with Crippen LogP contribution in [-0.4, -0.2) is 10.7 Å². The molecule has 1 aliphatic carbocycles. The molecule has 0 spiro atoms. The maximum atomic E-state index is 9.74. The van der Waals surface area contributed by atoms with E-state index in [1.165, 1.54) is 0 Å². The van der Waals surface area contributed by atoms with E-state index in [0.29, 0.717) is 0 Å². The largest absolute Gasteiger partial charge is 0.378 e. The van der Waals surface area contributed by atoms with Crippen LogP contribution in [0.1, 0.15) is 39.5 Å². The molecule has 0 aromatic rings. The lowest BCUT2D eigenvalue weighted by Gasteiger charge is -2.33. The van der Waals surface area contributed by atoms with E-state index in [0.717, 1.165) is 37.5 Å². The molecule has 1 rings (SSSR count). The van der Waals surface area contributed by atoms with Gasteiger partial charge in [-0.2, -0.15) is 0 Å². The van der Waals surface area contributed by atoms with Gasteiger partial charge in [0.15, 0.2) is 0 Å². The summed E-state index contributed by atoms with van der Waals surface area (Å²) in [6.45, 7) is 4.48. The monoisotopic (exact) mass is 166 g/mol. The molecule has 1 N–H and O–H groups in total. The number of hydrogen-bond acceptors (Lipinski definition) is 1. The Morgan fingerprint density at radius 3 is 2.25 bits per heavy atom. The number of aliphatic hydroxyl groups is 1. The zero-order chi connectivity index (χ0) is 9.19. The van der Waals surface area contributed by atoms with Crippen molar-refractivity contribution in [3.05, 3.63) is 0 Å². The van der Waals surface area contributed by atoms with Crippen LogP contribution in [0.3, 0.4) is 0 Å². The van der Waals surface area contributed by atoms with Gasteiger partial charge in [-0.05, 0) is 37.5 Å². The van der Waals surface area contributed by atoms with Crippen LogP contribution in [0.2, 0.25) is 0 Å². The summed E-state index contributed by atoms with van der Waals surface area (Å²) in [5, 5.41) is 9.74. The van der Waals surface area contributed by atoms with Crippen molar-refractivity contribution in [1.82, 2.24) is 0 Å². The average Bonchev–Trinajstić information content (AvgIpc) is 2.05. The van der Waals surface area contributed by atoms with E-state index in [-0.39, 0.29) is 0 Å². The van der Waals surface area contributed by atoms with E-state index in [2.05, 4.69) is 19.8 Å². The Balaban J connectivity index is 2.46. The van der Waals surface area contributed by atoms with Crippen molar-refractivity contribution in [3.63, 3.8) is 0 Å². The first-order chi connectivity index (χ1) is 5.57. The fourth-order valence-electron chi connectivity index (χ4n) is 1.93. The van der Waals surface area contributed by atoms with Crippen LogP contribution in [0.15, 0.2) is 0 Å². The highest BCUT2D eigenvalue weighted by molar-refractivity contribution is 5.08. The van der Waals surface area contributed by atoms with Crippen molar-refractivity contribution in [3.8, 4) is 12.3 Å². The molecule has 0 unspecified atom stereocenters. The first-order valence-corrected chi connectivity index (χ1v) is 4.77. The van der Waals surface area contributed by atoms with Crippen molar-refractivity contribution in [2.75, 3.05) is 0 Å². The van der Waals surface area contributed by atoms with Gasteiger partial charge in [-0.3, -0.25) is 0 Å². The zero-order valence-electron chi connectivity index (χ0n) is 8.01. The summed E-state index contributed by atoms with van der Waals surface area (Å²) in [4.78, 5) is 0. The van der Waals surface area contributed by atoms with Gasteiger partial charge in [-0.25, -0.2) is 0 Å². The fourth-order valence-corrected chi connectivity index (χ4v) is 1.93. The summed E-state index contributed by atoms with van der Waals surface area (Å²) >= 11 is 0. The smallest absolute Gasteiger partial charge is 0.125 e. The van der Waals surface area contributed by atoms with Gasteiger partial charge in [-0.15, -0.1) is 6.42 Å². The molecule has 0 bridgehead atoms. The van der Waals surface area contributed by atoms with Crippen LogP contribution in [0.5, 0.6) is 0 Å². The molecule has 1 aliphatic rings. The van der Waals surface area contributed by atoms with E-state index < -0.39 is 5.60 Å². The van der Waals surface area contributed by atoms with Gasteiger partial charge >= 0.3 is 0 Å². The molecule has 1 fully saturated rings. The second-order valence-electron chi connectivity index (χ2n) is 4.26. The SMILES string of the molecule is C#CC1(O)CCC(C(C)C)CC1. The second kappa shape index (κ2) is 3.49. The Kier molecular flexibility index (Phi) is 2.80. The number of terminal acetylenes is 1. The Morgan fingerprint density at radius 1 is 1.42 bits per heavy atom. The Bertz CT molecular complexity index is 180. The minimum atomic E-state index is -0.786. The molecule has 68 valence electrons. The molecule has 1 heteroatoms. The molecule has 12 heavy (non-hydrogen) atoms. The third-order valence-electron chi connectivity index (χ3n) is 3.07. The van der Waals surface area contributed by atoms with Crippen LogP contribution in [0.25, 0.3) is 0 Å². The third kappa shape index (κ3) is 2.01. The molecule has 0 aromatic carbocycles. The maximum Gasteiger partial charge on any atom is 0.125 e. The molecular formula is C11H18O. The first kappa shape index (κ1) is 9.61. The Hall–Kier alpha value is -0.480.